The maximum Gasteiger partial charge on any atom is 0.324 e. The largest absolute Gasteiger partial charge is 0.324 e. The van der Waals surface area contributed by atoms with Gasteiger partial charge in [0.1, 0.15) is 11.6 Å². The van der Waals surface area contributed by atoms with Crippen LogP contribution in [0, 0.1) is 21.7 Å². The molecule has 0 aliphatic rings. The molecule has 7 heteroatoms. The predicted molar refractivity (Wildman–Crippen MR) is 67.9 cm³/mol. The van der Waals surface area contributed by atoms with E-state index in [0.29, 0.717) is 12.1 Å². The molecule has 1 N–H and O–H groups in total. The number of nitrogens with one attached hydrogen (secondary N) is 1. The summed E-state index contributed by atoms with van der Waals surface area (Å²) in [6, 6.07) is 4.86. The molecule has 2 aromatic rings. The molecule has 4 nitrogen and oxygen atoms in total. The van der Waals surface area contributed by atoms with Gasteiger partial charge < -0.3 is 5.32 Å². The lowest BCUT2D eigenvalue weighted by atomic mass is 10.2. The number of hydrogen-bond acceptors (Lipinski definition) is 4. The molecule has 2 rings (SSSR count). The standard InChI is InChI=1S/C12H10F2N2O2S/c13-10-2-1-9(11(14)4-10)6-15-5-8-3-12(16(17)18)19-7-8/h1-4,7,15H,5-6H2. The minimum Gasteiger partial charge on any atom is -0.308 e. The fraction of sp³-hybridized carbons (Fsp3) is 0.167. The van der Waals surface area contributed by atoms with Crippen LogP contribution in [0.25, 0.3) is 0 Å². The highest BCUT2D eigenvalue weighted by atomic mass is 32.1. The quantitative estimate of drug-likeness (QED) is 0.677. The Morgan fingerprint density at radius 2 is 2.05 bits per heavy atom. The summed E-state index contributed by atoms with van der Waals surface area (Å²) in [6.07, 6.45) is 0. The molecule has 0 aliphatic carbocycles. The van der Waals surface area contributed by atoms with Crippen molar-refractivity contribution >= 4 is 16.3 Å². The lowest BCUT2D eigenvalue weighted by molar-refractivity contribution is -0.380. The highest BCUT2D eigenvalue weighted by Crippen LogP contribution is 2.22. The lowest BCUT2D eigenvalue weighted by Crippen LogP contribution is -2.13. The molecule has 1 aromatic heterocycles. The predicted octanol–water partition coefficient (Wildman–Crippen LogP) is 3.22. The van der Waals surface area contributed by atoms with Crippen molar-refractivity contribution in [2.24, 2.45) is 0 Å². The van der Waals surface area contributed by atoms with Gasteiger partial charge in [0.05, 0.1) is 4.92 Å². The van der Waals surface area contributed by atoms with E-state index in [1.165, 1.54) is 18.2 Å². The number of nitrogens with zero attached hydrogens (tertiary/aromatic N) is 1. The Morgan fingerprint density at radius 1 is 1.26 bits per heavy atom. The molecule has 0 bridgehead atoms. The molecule has 0 radical (unpaired) electrons. The maximum absolute atomic E-state index is 13.3. The molecule has 1 aromatic carbocycles. The summed E-state index contributed by atoms with van der Waals surface area (Å²) >= 11 is 1.05. The van der Waals surface area contributed by atoms with Crippen LogP contribution in [0.2, 0.25) is 0 Å². The van der Waals surface area contributed by atoms with E-state index >= 15 is 0 Å². The van der Waals surface area contributed by atoms with Crippen LogP contribution in [0.15, 0.2) is 29.6 Å². The number of halogens is 2. The van der Waals surface area contributed by atoms with Gasteiger partial charge in [0.15, 0.2) is 0 Å². The van der Waals surface area contributed by atoms with Crippen LogP contribution in [0.4, 0.5) is 13.8 Å². The smallest absolute Gasteiger partial charge is 0.308 e. The molecule has 0 saturated heterocycles. The van der Waals surface area contributed by atoms with Gasteiger partial charge in [-0.15, -0.1) is 0 Å². The second-order valence-electron chi connectivity index (χ2n) is 3.89. The topological polar surface area (TPSA) is 55.2 Å². The Kier molecular flexibility index (Phi) is 4.18. The number of hydrogen-bond donors (Lipinski definition) is 1. The molecule has 1 heterocycles. The summed E-state index contributed by atoms with van der Waals surface area (Å²) in [6.45, 7) is 0.622. The summed E-state index contributed by atoms with van der Waals surface area (Å²) in [5, 5.41) is 15.2. The van der Waals surface area contributed by atoms with Gasteiger partial charge in [-0.05, 0) is 11.6 Å². The van der Waals surface area contributed by atoms with Crippen LogP contribution < -0.4 is 5.32 Å². The molecule has 100 valence electrons. The Labute approximate surface area is 111 Å². The van der Waals surface area contributed by atoms with Crippen LogP contribution in [0.1, 0.15) is 11.1 Å². The summed E-state index contributed by atoms with van der Waals surface area (Å²) < 4.78 is 26.0. The van der Waals surface area contributed by atoms with Gasteiger partial charge in [-0.1, -0.05) is 17.4 Å². The third kappa shape index (κ3) is 3.55. The number of rotatable bonds is 5. The maximum atomic E-state index is 13.3. The number of thiophene rings is 1. The van der Waals surface area contributed by atoms with E-state index in [1.54, 1.807) is 5.38 Å². The molecule has 0 atom stereocenters. The van der Waals surface area contributed by atoms with E-state index in [2.05, 4.69) is 5.32 Å². The minimum absolute atomic E-state index is 0.0739. The van der Waals surface area contributed by atoms with Crippen molar-refractivity contribution in [2.45, 2.75) is 13.1 Å². The van der Waals surface area contributed by atoms with Crippen LogP contribution in [0.3, 0.4) is 0 Å². The Balaban J connectivity index is 1.90. The van der Waals surface area contributed by atoms with Gasteiger partial charge in [-0.25, -0.2) is 8.78 Å². The third-order valence-corrected chi connectivity index (χ3v) is 3.41. The molecule has 0 aliphatic heterocycles. The normalized spacial score (nSPS) is 10.6. The van der Waals surface area contributed by atoms with Gasteiger partial charge in [0, 0.05) is 36.2 Å². The monoisotopic (exact) mass is 284 g/mol. The van der Waals surface area contributed by atoms with Crippen LogP contribution in [-0.2, 0) is 13.1 Å². The fourth-order valence-electron chi connectivity index (χ4n) is 1.56. The van der Waals surface area contributed by atoms with E-state index in [0.717, 1.165) is 23.0 Å². The van der Waals surface area contributed by atoms with Crippen molar-refractivity contribution in [3.8, 4) is 0 Å². The van der Waals surface area contributed by atoms with Gasteiger partial charge in [0.25, 0.3) is 0 Å². The van der Waals surface area contributed by atoms with E-state index in [1.807, 2.05) is 0 Å². The first-order chi connectivity index (χ1) is 9.06. The Morgan fingerprint density at radius 3 is 2.68 bits per heavy atom. The molecule has 0 spiro atoms. The van der Waals surface area contributed by atoms with Crippen LogP contribution in [-0.4, -0.2) is 4.92 Å². The van der Waals surface area contributed by atoms with Gasteiger partial charge >= 0.3 is 5.00 Å². The minimum atomic E-state index is -0.616. The lowest BCUT2D eigenvalue weighted by Gasteiger charge is -2.04. The van der Waals surface area contributed by atoms with E-state index in [9.17, 15) is 18.9 Å². The first kappa shape index (κ1) is 13.6. The SMILES string of the molecule is O=[N+]([O-])c1cc(CNCc2ccc(F)cc2F)cs1. The van der Waals surface area contributed by atoms with Crippen LogP contribution >= 0.6 is 11.3 Å². The highest BCUT2D eigenvalue weighted by Gasteiger charge is 2.09. The molecule has 19 heavy (non-hydrogen) atoms. The van der Waals surface area contributed by atoms with Crippen molar-refractivity contribution < 1.29 is 13.7 Å². The zero-order valence-electron chi connectivity index (χ0n) is 9.73. The van der Waals surface area contributed by atoms with Crippen molar-refractivity contribution in [3.63, 3.8) is 0 Å². The van der Waals surface area contributed by atoms with E-state index in [-0.39, 0.29) is 11.5 Å². The molecule has 0 saturated carbocycles. The molecule has 0 fully saturated rings. The second kappa shape index (κ2) is 5.85. The third-order valence-electron chi connectivity index (χ3n) is 2.48. The summed E-state index contributed by atoms with van der Waals surface area (Å²) in [5.74, 6) is -1.22. The van der Waals surface area contributed by atoms with Crippen molar-refractivity contribution in [2.75, 3.05) is 0 Å². The Bertz CT molecular complexity index is 601. The highest BCUT2D eigenvalue weighted by molar-refractivity contribution is 7.13. The first-order valence-electron chi connectivity index (χ1n) is 5.42. The van der Waals surface area contributed by atoms with Gasteiger partial charge in [-0.3, -0.25) is 10.1 Å². The van der Waals surface area contributed by atoms with Crippen molar-refractivity contribution in [1.82, 2.24) is 5.32 Å². The number of benzene rings is 1. The average Bonchev–Trinajstić information content (AvgIpc) is 2.81. The zero-order valence-corrected chi connectivity index (χ0v) is 10.5. The van der Waals surface area contributed by atoms with Gasteiger partial charge in [0.2, 0.25) is 0 Å². The Hall–Kier alpha value is -1.86. The molecular formula is C12H10F2N2O2S. The summed E-state index contributed by atoms with van der Waals surface area (Å²) in [4.78, 5) is 10.0. The summed E-state index contributed by atoms with van der Waals surface area (Å²) in [7, 11) is 0. The second-order valence-corrected chi connectivity index (χ2v) is 4.78. The summed E-state index contributed by atoms with van der Waals surface area (Å²) in [5.41, 5.74) is 1.12. The van der Waals surface area contributed by atoms with Crippen molar-refractivity contribution in [3.05, 3.63) is 62.5 Å². The zero-order chi connectivity index (χ0) is 13.8. The molecule has 0 amide bonds. The van der Waals surface area contributed by atoms with Crippen molar-refractivity contribution in [1.29, 1.82) is 0 Å². The molecular weight excluding hydrogens is 274 g/mol. The van der Waals surface area contributed by atoms with Crippen LogP contribution in [0.5, 0.6) is 0 Å². The van der Waals surface area contributed by atoms with E-state index < -0.39 is 16.6 Å². The average molecular weight is 284 g/mol. The van der Waals surface area contributed by atoms with Gasteiger partial charge in [-0.2, -0.15) is 0 Å². The first-order valence-corrected chi connectivity index (χ1v) is 6.30. The number of nitro groups is 1. The van der Waals surface area contributed by atoms with E-state index in [4.69, 9.17) is 0 Å². The molecule has 0 unspecified atom stereocenters. The fourth-order valence-corrected chi connectivity index (χ4v) is 2.29.